The Morgan fingerprint density at radius 2 is 2.00 bits per heavy atom. The second-order valence-electron chi connectivity index (χ2n) is 3.55. The molecule has 1 heteroatoms. The van der Waals surface area contributed by atoms with E-state index in [1.165, 1.54) is 12.8 Å². The molecule has 1 aliphatic heterocycles. The van der Waals surface area contributed by atoms with Crippen molar-refractivity contribution in [1.29, 1.82) is 0 Å². The Balaban J connectivity index is 2.33. The van der Waals surface area contributed by atoms with E-state index in [9.17, 15) is 0 Å². The maximum absolute atomic E-state index is 5.61. The average Bonchev–Trinajstić information content (AvgIpc) is 1.95. The highest BCUT2D eigenvalue weighted by atomic mass is 16.5. The molecular formula is C9H18O. The van der Waals surface area contributed by atoms with Crippen molar-refractivity contribution in [2.75, 3.05) is 6.61 Å². The van der Waals surface area contributed by atoms with E-state index in [2.05, 4.69) is 20.8 Å². The van der Waals surface area contributed by atoms with E-state index in [1.54, 1.807) is 0 Å². The van der Waals surface area contributed by atoms with Crippen LogP contribution in [0.1, 0.15) is 33.6 Å². The maximum atomic E-state index is 5.61. The van der Waals surface area contributed by atoms with Crippen molar-refractivity contribution < 1.29 is 4.74 Å². The van der Waals surface area contributed by atoms with E-state index < -0.39 is 0 Å². The van der Waals surface area contributed by atoms with Crippen molar-refractivity contribution in [1.82, 2.24) is 0 Å². The fourth-order valence-electron chi connectivity index (χ4n) is 1.45. The molecule has 0 aromatic rings. The normalized spacial score (nSPS) is 41.7. The zero-order valence-electron chi connectivity index (χ0n) is 7.26. The summed E-state index contributed by atoms with van der Waals surface area (Å²) < 4.78 is 5.61. The Morgan fingerprint density at radius 3 is 2.50 bits per heavy atom. The van der Waals surface area contributed by atoms with Crippen LogP contribution in [-0.2, 0) is 4.74 Å². The summed E-state index contributed by atoms with van der Waals surface area (Å²) in [6, 6.07) is 0. The summed E-state index contributed by atoms with van der Waals surface area (Å²) in [6.07, 6.45) is 2.99. The first-order valence-electron chi connectivity index (χ1n) is 4.35. The molecule has 1 heterocycles. The van der Waals surface area contributed by atoms with E-state index in [0.29, 0.717) is 6.10 Å². The van der Waals surface area contributed by atoms with Gasteiger partial charge in [0.1, 0.15) is 0 Å². The van der Waals surface area contributed by atoms with Gasteiger partial charge in [-0.1, -0.05) is 20.8 Å². The molecule has 1 aliphatic rings. The van der Waals surface area contributed by atoms with Gasteiger partial charge in [0, 0.05) is 6.61 Å². The highest BCUT2D eigenvalue weighted by molar-refractivity contribution is 4.72. The monoisotopic (exact) mass is 142 g/mol. The first-order chi connectivity index (χ1) is 4.74. The lowest BCUT2D eigenvalue weighted by Gasteiger charge is -2.31. The molecule has 1 rings (SSSR count). The molecule has 0 bridgehead atoms. The smallest absolute Gasteiger partial charge is 0.0575 e. The van der Waals surface area contributed by atoms with Gasteiger partial charge in [-0.15, -0.1) is 0 Å². The number of ether oxygens (including phenoxy) is 1. The van der Waals surface area contributed by atoms with Crippen LogP contribution in [0.2, 0.25) is 0 Å². The molecule has 3 unspecified atom stereocenters. The second kappa shape index (κ2) is 3.38. The van der Waals surface area contributed by atoms with Crippen LogP contribution >= 0.6 is 0 Å². The van der Waals surface area contributed by atoms with Gasteiger partial charge in [-0.25, -0.2) is 0 Å². The summed E-state index contributed by atoms with van der Waals surface area (Å²) in [6.45, 7) is 7.78. The molecule has 0 spiro atoms. The van der Waals surface area contributed by atoms with Crippen LogP contribution in [0.4, 0.5) is 0 Å². The largest absolute Gasteiger partial charge is 0.378 e. The van der Waals surface area contributed by atoms with Crippen LogP contribution in [0.25, 0.3) is 0 Å². The first kappa shape index (κ1) is 8.06. The number of hydrogen-bond acceptors (Lipinski definition) is 1. The molecule has 10 heavy (non-hydrogen) atoms. The lowest BCUT2D eigenvalue weighted by atomic mass is 9.88. The van der Waals surface area contributed by atoms with Crippen molar-refractivity contribution in [3.8, 4) is 0 Å². The van der Waals surface area contributed by atoms with E-state index in [4.69, 9.17) is 4.74 Å². The zero-order chi connectivity index (χ0) is 7.56. The van der Waals surface area contributed by atoms with E-state index in [0.717, 1.165) is 18.4 Å². The predicted molar refractivity (Wildman–Crippen MR) is 43.0 cm³/mol. The van der Waals surface area contributed by atoms with Gasteiger partial charge in [0.2, 0.25) is 0 Å². The summed E-state index contributed by atoms with van der Waals surface area (Å²) in [5.41, 5.74) is 0. The van der Waals surface area contributed by atoms with Gasteiger partial charge in [0.25, 0.3) is 0 Å². The summed E-state index contributed by atoms with van der Waals surface area (Å²) >= 11 is 0. The Kier molecular flexibility index (Phi) is 2.72. The van der Waals surface area contributed by atoms with Gasteiger partial charge in [0.05, 0.1) is 6.10 Å². The molecule has 3 atom stereocenters. The van der Waals surface area contributed by atoms with Gasteiger partial charge in [-0.3, -0.25) is 0 Å². The summed E-state index contributed by atoms with van der Waals surface area (Å²) in [7, 11) is 0. The third kappa shape index (κ3) is 1.72. The van der Waals surface area contributed by atoms with Gasteiger partial charge in [-0.2, -0.15) is 0 Å². The molecule has 0 aromatic heterocycles. The molecule has 0 aromatic carbocycles. The molecule has 0 radical (unpaired) electrons. The minimum Gasteiger partial charge on any atom is -0.378 e. The predicted octanol–water partition coefficient (Wildman–Crippen LogP) is 2.46. The average molecular weight is 142 g/mol. The highest BCUT2D eigenvalue weighted by Crippen LogP contribution is 2.25. The van der Waals surface area contributed by atoms with Crippen LogP contribution in [0.3, 0.4) is 0 Å². The van der Waals surface area contributed by atoms with Gasteiger partial charge in [-0.05, 0) is 24.7 Å². The molecule has 0 N–H and O–H groups in total. The molecule has 1 fully saturated rings. The van der Waals surface area contributed by atoms with E-state index in [-0.39, 0.29) is 0 Å². The second-order valence-corrected chi connectivity index (χ2v) is 3.55. The molecule has 1 nitrogen and oxygen atoms in total. The quantitative estimate of drug-likeness (QED) is 0.546. The fourth-order valence-corrected chi connectivity index (χ4v) is 1.45. The van der Waals surface area contributed by atoms with Crippen LogP contribution in [0.5, 0.6) is 0 Å². The highest BCUT2D eigenvalue weighted by Gasteiger charge is 2.23. The molecule has 0 amide bonds. The standard InChI is InChI=1S/C9H18O/c1-4-9-5-7(2)8(3)6-10-9/h7-9H,4-6H2,1-3H3. The number of hydrogen-bond donors (Lipinski definition) is 0. The van der Waals surface area contributed by atoms with Crippen LogP contribution in [-0.4, -0.2) is 12.7 Å². The van der Waals surface area contributed by atoms with Crippen molar-refractivity contribution in [3.05, 3.63) is 0 Å². The third-order valence-corrected chi connectivity index (χ3v) is 2.66. The SMILES string of the molecule is CCC1CC(C)C(C)CO1. The van der Waals surface area contributed by atoms with Crippen LogP contribution in [0, 0.1) is 11.8 Å². The Morgan fingerprint density at radius 1 is 1.30 bits per heavy atom. The molecule has 60 valence electrons. The van der Waals surface area contributed by atoms with Gasteiger partial charge in [0.15, 0.2) is 0 Å². The van der Waals surface area contributed by atoms with Crippen LogP contribution in [0.15, 0.2) is 0 Å². The summed E-state index contributed by atoms with van der Waals surface area (Å²) in [5.74, 6) is 1.63. The molecule has 0 aliphatic carbocycles. The lowest BCUT2D eigenvalue weighted by molar-refractivity contribution is -0.0377. The minimum atomic E-state index is 0.547. The topological polar surface area (TPSA) is 9.23 Å². The Labute approximate surface area is 63.8 Å². The number of rotatable bonds is 1. The van der Waals surface area contributed by atoms with E-state index >= 15 is 0 Å². The Hall–Kier alpha value is -0.0400. The van der Waals surface area contributed by atoms with E-state index in [1.807, 2.05) is 0 Å². The third-order valence-electron chi connectivity index (χ3n) is 2.66. The summed E-state index contributed by atoms with van der Waals surface area (Å²) in [4.78, 5) is 0. The van der Waals surface area contributed by atoms with Crippen LogP contribution < -0.4 is 0 Å². The lowest BCUT2D eigenvalue weighted by Crippen LogP contribution is -2.30. The van der Waals surface area contributed by atoms with Crippen molar-refractivity contribution in [2.24, 2.45) is 11.8 Å². The van der Waals surface area contributed by atoms with Gasteiger partial charge < -0.3 is 4.74 Å². The maximum Gasteiger partial charge on any atom is 0.0575 e. The molecule has 1 saturated heterocycles. The van der Waals surface area contributed by atoms with Crippen molar-refractivity contribution >= 4 is 0 Å². The van der Waals surface area contributed by atoms with Crippen molar-refractivity contribution in [3.63, 3.8) is 0 Å². The summed E-state index contributed by atoms with van der Waals surface area (Å²) in [5, 5.41) is 0. The molecule has 0 saturated carbocycles. The minimum absolute atomic E-state index is 0.547. The van der Waals surface area contributed by atoms with Gasteiger partial charge >= 0.3 is 0 Å². The zero-order valence-corrected chi connectivity index (χ0v) is 7.26. The fraction of sp³-hybridized carbons (Fsp3) is 1.00. The Bertz CT molecular complexity index is 101. The first-order valence-corrected chi connectivity index (χ1v) is 4.35. The van der Waals surface area contributed by atoms with Crippen molar-refractivity contribution in [2.45, 2.75) is 39.7 Å². The molecular weight excluding hydrogens is 124 g/mol.